The Bertz CT molecular complexity index is 332. The summed E-state index contributed by atoms with van der Waals surface area (Å²) in [5, 5.41) is 0. The Balaban J connectivity index is 3.03. The number of hydrogen-bond acceptors (Lipinski definition) is 1. The molecule has 3 N–H and O–H groups in total. The quantitative estimate of drug-likeness (QED) is 0.752. The lowest BCUT2D eigenvalue weighted by Crippen LogP contribution is -2.17. The highest BCUT2D eigenvalue weighted by Crippen LogP contribution is 2.18. The van der Waals surface area contributed by atoms with Crippen LogP contribution in [0, 0.1) is 0 Å². The fourth-order valence-electron chi connectivity index (χ4n) is 1.54. The molecule has 0 bridgehead atoms. The predicted molar refractivity (Wildman–Crippen MR) is 62.9 cm³/mol. The van der Waals surface area contributed by atoms with Gasteiger partial charge >= 0.3 is 0 Å². The van der Waals surface area contributed by atoms with Gasteiger partial charge in [-0.1, -0.05) is 18.7 Å². The third kappa shape index (κ3) is 2.36. The number of aromatic nitrogens is 1. The van der Waals surface area contributed by atoms with Gasteiger partial charge in [-0.05, 0) is 31.9 Å². The molecule has 0 aliphatic carbocycles. The summed E-state index contributed by atoms with van der Waals surface area (Å²) in [5.74, 6) is 0. The number of H-pyrrole nitrogens is 1. The summed E-state index contributed by atoms with van der Waals surface area (Å²) in [6, 6.07) is 0.187. The summed E-state index contributed by atoms with van der Waals surface area (Å²) in [4.78, 5) is 3.19. The molecule has 0 amide bonds. The molecule has 0 fully saturated rings. The largest absolute Gasteiger partial charge is 0.361 e. The highest BCUT2D eigenvalue weighted by molar-refractivity contribution is 5.65. The Morgan fingerprint density at radius 1 is 1.64 bits per heavy atom. The molecule has 1 aromatic heterocycles. The van der Waals surface area contributed by atoms with Gasteiger partial charge in [0, 0.05) is 23.5 Å². The molecule has 76 valence electrons. The molecular formula is C12H18N2. The van der Waals surface area contributed by atoms with Crippen LogP contribution in [0.25, 0.3) is 12.2 Å². The number of rotatable bonds is 4. The second kappa shape index (κ2) is 4.82. The number of allylic oxidation sites excluding steroid dienone is 1. The van der Waals surface area contributed by atoms with Crippen LogP contribution in [0.2, 0.25) is 0 Å². The van der Waals surface area contributed by atoms with E-state index >= 15 is 0 Å². The normalized spacial score (nSPS) is 13.4. The zero-order valence-corrected chi connectivity index (χ0v) is 8.88. The third-order valence-electron chi connectivity index (χ3n) is 2.12. The first-order chi connectivity index (χ1) is 6.69. The zero-order valence-electron chi connectivity index (χ0n) is 8.88. The van der Waals surface area contributed by atoms with Gasteiger partial charge in [0.1, 0.15) is 0 Å². The minimum absolute atomic E-state index is 0.187. The van der Waals surface area contributed by atoms with Gasteiger partial charge in [0.05, 0.1) is 0 Å². The number of nitrogens with two attached hydrogens (primary N) is 1. The first-order valence-electron chi connectivity index (χ1n) is 4.90. The highest BCUT2D eigenvalue weighted by atomic mass is 14.7. The van der Waals surface area contributed by atoms with Gasteiger partial charge in [0.15, 0.2) is 0 Å². The van der Waals surface area contributed by atoms with Gasteiger partial charge < -0.3 is 10.7 Å². The van der Waals surface area contributed by atoms with Crippen LogP contribution >= 0.6 is 0 Å². The fourth-order valence-corrected chi connectivity index (χ4v) is 1.54. The van der Waals surface area contributed by atoms with E-state index in [1.54, 1.807) is 0 Å². The van der Waals surface area contributed by atoms with Crippen molar-refractivity contribution in [3.05, 3.63) is 35.7 Å². The molecule has 1 heterocycles. The van der Waals surface area contributed by atoms with Crippen molar-refractivity contribution >= 4 is 12.2 Å². The maximum Gasteiger partial charge on any atom is 0.0450 e. The molecule has 0 aromatic carbocycles. The van der Waals surface area contributed by atoms with Crippen LogP contribution in [0.1, 0.15) is 30.7 Å². The first-order valence-corrected chi connectivity index (χ1v) is 4.90. The van der Waals surface area contributed by atoms with Crippen LogP contribution in [0.15, 0.2) is 18.9 Å². The molecule has 0 radical (unpaired) electrons. The van der Waals surface area contributed by atoms with E-state index in [9.17, 15) is 0 Å². The van der Waals surface area contributed by atoms with Crippen LogP contribution in [-0.4, -0.2) is 11.0 Å². The Morgan fingerprint density at radius 3 is 2.86 bits per heavy atom. The van der Waals surface area contributed by atoms with Crippen molar-refractivity contribution in [3.63, 3.8) is 0 Å². The second-order valence-electron chi connectivity index (χ2n) is 3.53. The summed E-state index contributed by atoms with van der Waals surface area (Å²) in [6.07, 6.45) is 8.85. The molecule has 1 unspecified atom stereocenters. The fraction of sp³-hybridized carbons (Fsp3) is 0.333. The maximum absolute atomic E-state index is 5.78. The highest BCUT2D eigenvalue weighted by Gasteiger charge is 2.07. The van der Waals surface area contributed by atoms with Crippen LogP contribution < -0.4 is 5.73 Å². The number of hydrogen-bond donors (Lipinski definition) is 2. The molecule has 1 aromatic rings. The lowest BCUT2D eigenvalue weighted by atomic mass is 10.0. The molecule has 1 rings (SSSR count). The van der Waals surface area contributed by atoms with E-state index in [0.29, 0.717) is 0 Å². The SMILES string of the molecule is C=Cc1[nH]cc(CC(C)N)c1/C=C\C. The molecule has 14 heavy (non-hydrogen) atoms. The van der Waals surface area contributed by atoms with E-state index in [2.05, 4.69) is 17.6 Å². The summed E-state index contributed by atoms with van der Waals surface area (Å²) in [5.41, 5.74) is 9.31. The lowest BCUT2D eigenvalue weighted by Gasteiger charge is -2.04. The molecule has 0 spiro atoms. The Morgan fingerprint density at radius 2 is 2.36 bits per heavy atom. The third-order valence-corrected chi connectivity index (χ3v) is 2.12. The zero-order chi connectivity index (χ0) is 10.6. The van der Waals surface area contributed by atoms with Crippen molar-refractivity contribution in [3.8, 4) is 0 Å². The number of aromatic amines is 1. The van der Waals surface area contributed by atoms with E-state index in [1.807, 2.05) is 32.2 Å². The van der Waals surface area contributed by atoms with Gasteiger partial charge in [0.25, 0.3) is 0 Å². The van der Waals surface area contributed by atoms with Crippen molar-refractivity contribution < 1.29 is 0 Å². The van der Waals surface area contributed by atoms with E-state index in [-0.39, 0.29) is 6.04 Å². The summed E-state index contributed by atoms with van der Waals surface area (Å²) < 4.78 is 0. The van der Waals surface area contributed by atoms with Gasteiger partial charge in [-0.2, -0.15) is 0 Å². The number of nitrogens with one attached hydrogen (secondary N) is 1. The second-order valence-corrected chi connectivity index (χ2v) is 3.53. The van der Waals surface area contributed by atoms with Gasteiger partial charge in [-0.25, -0.2) is 0 Å². The van der Waals surface area contributed by atoms with Crippen LogP contribution in [0.3, 0.4) is 0 Å². The average Bonchev–Trinajstić information content (AvgIpc) is 2.48. The first kappa shape index (κ1) is 10.8. The monoisotopic (exact) mass is 190 g/mol. The average molecular weight is 190 g/mol. The van der Waals surface area contributed by atoms with Crippen molar-refractivity contribution in [2.24, 2.45) is 5.73 Å². The van der Waals surface area contributed by atoms with Crippen LogP contribution in [0.4, 0.5) is 0 Å². The summed E-state index contributed by atoms with van der Waals surface area (Å²) >= 11 is 0. The Labute approximate surface area is 85.5 Å². The minimum Gasteiger partial charge on any atom is -0.361 e. The molecule has 1 atom stereocenters. The Hall–Kier alpha value is -1.28. The van der Waals surface area contributed by atoms with Gasteiger partial charge in [-0.3, -0.25) is 0 Å². The van der Waals surface area contributed by atoms with E-state index in [1.165, 1.54) is 11.1 Å². The van der Waals surface area contributed by atoms with Crippen LogP contribution in [-0.2, 0) is 6.42 Å². The molecule has 0 saturated carbocycles. The van der Waals surface area contributed by atoms with Gasteiger partial charge in [-0.15, -0.1) is 0 Å². The van der Waals surface area contributed by atoms with Crippen molar-refractivity contribution in [2.75, 3.05) is 0 Å². The van der Waals surface area contributed by atoms with E-state index < -0.39 is 0 Å². The minimum atomic E-state index is 0.187. The lowest BCUT2D eigenvalue weighted by molar-refractivity contribution is 0.738. The molecule has 2 heteroatoms. The van der Waals surface area contributed by atoms with Crippen molar-refractivity contribution in [1.29, 1.82) is 0 Å². The van der Waals surface area contributed by atoms with E-state index in [0.717, 1.165) is 12.1 Å². The molecule has 0 aliphatic heterocycles. The molecule has 0 saturated heterocycles. The molecular weight excluding hydrogens is 172 g/mol. The maximum atomic E-state index is 5.78. The van der Waals surface area contributed by atoms with Crippen LogP contribution in [0.5, 0.6) is 0 Å². The summed E-state index contributed by atoms with van der Waals surface area (Å²) in [7, 11) is 0. The van der Waals surface area contributed by atoms with Gasteiger partial charge in [0.2, 0.25) is 0 Å². The standard InChI is InChI=1S/C12H18N2/c1-4-6-11-10(7-9(3)13)8-14-12(11)5-2/h4-6,8-9,14H,2,7,13H2,1,3H3/b6-4-. The summed E-state index contributed by atoms with van der Waals surface area (Å²) in [6.45, 7) is 7.79. The van der Waals surface area contributed by atoms with Crippen molar-refractivity contribution in [2.45, 2.75) is 26.3 Å². The molecule has 2 nitrogen and oxygen atoms in total. The smallest absolute Gasteiger partial charge is 0.0450 e. The molecule has 0 aliphatic rings. The van der Waals surface area contributed by atoms with Crippen molar-refractivity contribution in [1.82, 2.24) is 4.98 Å². The predicted octanol–water partition coefficient (Wildman–Crippen LogP) is 2.58. The topological polar surface area (TPSA) is 41.8 Å². The van der Waals surface area contributed by atoms with E-state index in [4.69, 9.17) is 5.73 Å². The Kier molecular flexibility index (Phi) is 3.72.